The Balaban J connectivity index is 1.62. The number of hydrogen-bond acceptors (Lipinski definition) is 5. The van der Waals surface area contributed by atoms with Crippen molar-refractivity contribution in [3.8, 4) is 0 Å². The minimum absolute atomic E-state index is 0.0471. The number of methoxy groups -OCH3 is 1. The predicted octanol–water partition coefficient (Wildman–Crippen LogP) is 5.90. The number of H-pyrrole nitrogens is 1. The van der Waals surface area contributed by atoms with Crippen LogP contribution < -0.4 is 10.6 Å². The molecule has 1 fully saturated rings. The van der Waals surface area contributed by atoms with Gasteiger partial charge in [-0.3, -0.25) is 4.79 Å². The van der Waals surface area contributed by atoms with Gasteiger partial charge >= 0.3 is 6.09 Å². The van der Waals surface area contributed by atoms with Crippen LogP contribution in [0.15, 0.2) is 42.5 Å². The summed E-state index contributed by atoms with van der Waals surface area (Å²) in [6, 6.07) is 10.5. The van der Waals surface area contributed by atoms with Gasteiger partial charge in [0.1, 0.15) is 17.9 Å². The van der Waals surface area contributed by atoms with Crippen LogP contribution in [0.5, 0.6) is 0 Å². The molecule has 0 radical (unpaired) electrons. The zero-order valence-corrected chi connectivity index (χ0v) is 22.5. The lowest BCUT2D eigenvalue weighted by Gasteiger charge is -2.33. The number of ether oxygens (including phenoxy) is 2. The van der Waals surface area contributed by atoms with Crippen molar-refractivity contribution in [3.63, 3.8) is 0 Å². The third-order valence-electron chi connectivity index (χ3n) is 7.18. The number of benzene rings is 2. The van der Waals surface area contributed by atoms with Crippen molar-refractivity contribution in [1.82, 2.24) is 20.6 Å². The van der Waals surface area contributed by atoms with E-state index in [4.69, 9.17) is 9.47 Å². The first kappa shape index (κ1) is 31.1. The van der Waals surface area contributed by atoms with Crippen molar-refractivity contribution >= 4 is 23.0 Å². The maximum atomic E-state index is 15.7. The Kier molecular flexibility index (Phi) is 9.97. The summed E-state index contributed by atoms with van der Waals surface area (Å²) >= 11 is 0. The summed E-state index contributed by atoms with van der Waals surface area (Å²) in [6.07, 6.45) is -8.00. The van der Waals surface area contributed by atoms with E-state index < -0.39 is 73.8 Å². The zero-order chi connectivity index (χ0) is 30.4. The van der Waals surface area contributed by atoms with Crippen LogP contribution >= 0.6 is 0 Å². The van der Waals surface area contributed by atoms with E-state index in [9.17, 15) is 31.5 Å². The van der Waals surface area contributed by atoms with Gasteiger partial charge in [-0.1, -0.05) is 36.4 Å². The fourth-order valence-corrected chi connectivity index (χ4v) is 4.96. The third-order valence-corrected chi connectivity index (χ3v) is 7.18. The average Bonchev–Trinajstić information content (AvgIpc) is 3.40. The molecule has 3 N–H and O–H groups in total. The number of imidazole rings is 1. The van der Waals surface area contributed by atoms with Gasteiger partial charge in [0.2, 0.25) is 18.1 Å². The molecule has 0 aliphatic heterocycles. The molecule has 3 atom stereocenters. The van der Waals surface area contributed by atoms with Crippen molar-refractivity contribution in [2.45, 2.75) is 62.9 Å². The van der Waals surface area contributed by atoms with Crippen LogP contribution in [0.3, 0.4) is 0 Å². The lowest BCUT2D eigenvalue weighted by molar-refractivity contribution is -0.127. The normalized spacial score (nSPS) is 17.5. The molecule has 1 aromatic heterocycles. The van der Waals surface area contributed by atoms with Gasteiger partial charge < -0.3 is 25.1 Å². The number of hydrogen-bond donors (Lipinski definition) is 3. The van der Waals surface area contributed by atoms with Gasteiger partial charge in [0.15, 0.2) is 5.82 Å². The van der Waals surface area contributed by atoms with E-state index in [0.29, 0.717) is 0 Å². The summed E-state index contributed by atoms with van der Waals surface area (Å²) in [5, 5.41) is 4.17. The summed E-state index contributed by atoms with van der Waals surface area (Å²) in [7, 11) is 1.20. The molecular formula is C28H30F6N4O4. The predicted molar refractivity (Wildman–Crippen MR) is 139 cm³/mol. The van der Waals surface area contributed by atoms with E-state index >= 15 is 4.39 Å². The topological polar surface area (TPSA) is 105 Å². The van der Waals surface area contributed by atoms with E-state index in [2.05, 4.69) is 15.3 Å². The molecule has 2 unspecified atom stereocenters. The van der Waals surface area contributed by atoms with E-state index in [1.54, 1.807) is 30.3 Å². The largest absolute Gasteiger partial charge is 0.445 e. The molecule has 0 saturated heterocycles. The number of nitrogens with zero attached hydrogens (tertiary/aromatic N) is 1. The molecular weight excluding hydrogens is 570 g/mol. The summed E-state index contributed by atoms with van der Waals surface area (Å²) in [6.45, 7) is -0.496. The van der Waals surface area contributed by atoms with E-state index in [-0.39, 0.29) is 41.9 Å². The number of carbonyl (C=O) groups is 2. The van der Waals surface area contributed by atoms with Crippen molar-refractivity contribution in [3.05, 3.63) is 65.2 Å². The van der Waals surface area contributed by atoms with Crippen LogP contribution in [0, 0.1) is 11.7 Å². The summed E-state index contributed by atoms with van der Waals surface area (Å²) in [5.74, 6) is -6.97. The number of nitrogens with one attached hydrogen (secondary N) is 3. The molecule has 4 rings (SSSR count). The van der Waals surface area contributed by atoms with Gasteiger partial charge in [-0.05, 0) is 30.4 Å². The highest BCUT2D eigenvalue weighted by atomic mass is 19.3. The Labute approximate surface area is 237 Å². The SMILES string of the molecule is COCC(C(=O)NC(F)C(F)F)c1ccc2[nH]c([C@@H](NC(=O)OCc3ccccc3)C3CCC(F)(F)CC3)nc2c1F. The Bertz CT molecular complexity index is 1360. The molecule has 1 saturated carbocycles. The van der Waals surface area contributed by atoms with E-state index in [1.165, 1.54) is 24.6 Å². The molecule has 1 aliphatic rings. The maximum Gasteiger partial charge on any atom is 0.408 e. The second-order valence-corrected chi connectivity index (χ2v) is 10.1. The number of amides is 2. The number of aromatic nitrogens is 2. The second kappa shape index (κ2) is 13.4. The third kappa shape index (κ3) is 7.52. The Morgan fingerprint density at radius 3 is 2.40 bits per heavy atom. The summed E-state index contributed by atoms with van der Waals surface area (Å²) in [5.41, 5.74) is 0.338. The number of aromatic amines is 1. The van der Waals surface area contributed by atoms with Crippen LogP contribution in [0.1, 0.15) is 54.6 Å². The first-order valence-corrected chi connectivity index (χ1v) is 13.2. The van der Waals surface area contributed by atoms with E-state index in [1.807, 2.05) is 0 Å². The van der Waals surface area contributed by atoms with E-state index in [0.717, 1.165) is 5.56 Å². The molecule has 14 heteroatoms. The second-order valence-electron chi connectivity index (χ2n) is 10.1. The van der Waals surface area contributed by atoms with Crippen molar-refractivity contribution in [2.75, 3.05) is 13.7 Å². The van der Waals surface area contributed by atoms with Crippen molar-refractivity contribution < 1.29 is 45.4 Å². The lowest BCUT2D eigenvalue weighted by atomic mass is 9.82. The minimum atomic E-state index is -3.48. The molecule has 1 heterocycles. The van der Waals surface area contributed by atoms with Gasteiger partial charge in [-0.15, -0.1) is 0 Å². The number of alkyl halides is 5. The van der Waals surface area contributed by atoms with Crippen LogP contribution in [0.4, 0.5) is 31.1 Å². The van der Waals surface area contributed by atoms with Crippen LogP contribution in [0.25, 0.3) is 11.0 Å². The van der Waals surface area contributed by atoms with Gasteiger partial charge in [0.05, 0.1) is 24.1 Å². The number of fused-ring (bicyclic) bond motifs is 1. The molecule has 2 amide bonds. The highest BCUT2D eigenvalue weighted by Gasteiger charge is 2.40. The first-order valence-electron chi connectivity index (χ1n) is 13.2. The van der Waals surface area contributed by atoms with Gasteiger partial charge in [-0.2, -0.15) is 0 Å². The monoisotopic (exact) mass is 600 g/mol. The smallest absolute Gasteiger partial charge is 0.408 e. The molecule has 0 spiro atoms. The number of carbonyl (C=O) groups excluding carboxylic acids is 2. The maximum absolute atomic E-state index is 15.7. The van der Waals surface area contributed by atoms with Gasteiger partial charge in [0, 0.05) is 25.5 Å². The number of halogens is 6. The molecule has 0 bridgehead atoms. The Morgan fingerprint density at radius 1 is 1.07 bits per heavy atom. The standard InChI is InChI=1S/C28H30F6N4O4/c1-41-14-18(26(39)38-24(32)23(30)31)17-7-8-19-22(20(17)29)36-25(35-19)21(16-9-11-28(33,34)12-10-16)37-27(40)42-13-15-5-3-2-4-6-15/h2-8,16,18,21,23-24H,9-14H2,1H3,(H,35,36)(H,37,40)(H,38,39)/t18?,21-,24?/m0/s1. The van der Waals surface area contributed by atoms with Crippen molar-refractivity contribution in [2.24, 2.45) is 5.92 Å². The quantitative estimate of drug-likeness (QED) is 0.188. The fourth-order valence-electron chi connectivity index (χ4n) is 4.96. The van der Waals surface area contributed by atoms with Crippen molar-refractivity contribution in [1.29, 1.82) is 0 Å². The molecule has 228 valence electrons. The molecule has 8 nitrogen and oxygen atoms in total. The zero-order valence-electron chi connectivity index (χ0n) is 22.5. The molecule has 2 aromatic carbocycles. The highest BCUT2D eigenvalue weighted by molar-refractivity contribution is 5.86. The minimum Gasteiger partial charge on any atom is -0.445 e. The average molecular weight is 601 g/mol. The fraction of sp³-hybridized carbons (Fsp3) is 0.464. The Morgan fingerprint density at radius 2 is 1.76 bits per heavy atom. The first-order chi connectivity index (χ1) is 20.0. The van der Waals surface area contributed by atoms with Gasteiger partial charge in [-0.25, -0.2) is 36.1 Å². The highest BCUT2D eigenvalue weighted by Crippen LogP contribution is 2.41. The number of alkyl carbamates (subject to hydrolysis) is 1. The lowest BCUT2D eigenvalue weighted by Crippen LogP contribution is -2.40. The molecule has 3 aromatic rings. The Hall–Kier alpha value is -3.81. The summed E-state index contributed by atoms with van der Waals surface area (Å²) in [4.78, 5) is 32.5. The molecule has 1 aliphatic carbocycles. The number of rotatable bonds is 11. The van der Waals surface area contributed by atoms with Crippen LogP contribution in [0.2, 0.25) is 0 Å². The summed E-state index contributed by atoms with van der Waals surface area (Å²) < 4.78 is 92.6. The molecule has 42 heavy (non-hydrogen) atoms. The van der Waals surface area contributed by atoms with Crippen LogP contribution in [-0.4, -0.2) is 54.3 Å². The van der Waals surface area contributed by atoms with Crippen LogP contribution in [-0.2, 0) is 20.9 Å². The van der Waals surface area contributed by atoms with Gasteiger partial charge in [0.25, 0.3) is 6.43 Å².